The zero-order valence-electron chi connectivity index (χ0n) is 16.0. The van der Waals surface area contributed by atoms with Crippen molar-refractivity contribution in [2.24, 2.45) is 0 Å². The molecule has 0 radical (unpaired) electrons. The summed E-state index contributed by atoms with van der Waals surface area (Å²) in [4.78, 5) is 40.1. The van der Waals surface area contributed by atoms with Gasteiger partial charge in [0.15, 0.2) is 0 Å². The van der Waals surface area contributed by atoms with Gasteiger partial charge >= 0.3 is 6.03 Å². The molecule has 0 saturated carbocycles. The summed E-state index contributed by atoms with van der Waals surface area (Å²) in [5, 5.41) is 9.43. The van der Waals surface area contributed by atoms with Gasteiger partial charge in [-0.1, -0.05) is 48.5 Å². The van der Waals surface area contributed by atoms with E-state index >= 15 is 0 Å². The number of nitrogens with one attached hydrogen (secondary N) is 2. The Bertz CT molecular complexity index is 1070. The number of hydrogen-bond donors (Lipinski definition) is 2. The third kappa shape index (κ3) is 3.61. The molecule has 7 heteroatoms. The van der Waals surface area contributed by atoms with Crippen molar-refractivity contribution in [1.29, 1.82) is 0 Å². The monoisotopic (exact) mass is 407 g/mol. The molecule has 0 unspecified atom stereocenters. The van der Waals surface area contributed by atoms with Crippen LogP contribution in [0.3, 0.4) is 0 Å². The predicted molar refractivity (Wildman–Crippen MR) is 113 cm³/mol. The van der Waals surface area contributed by atoms with Gasteiger partial charge in [0, 0.05) is 11.4 Å². The lowest BCUT2D eigenvalue weighted by atomic mass is 9.88. The molecule has 4 rings (SSSR count). The highest BCUT2D eigenvalue weighted by Gasteiger charge is 2.50. The number of urea groups is 1. The topological polar surface area (TPSA) is 78.5 Å². The second-order valence-corrected chi connectivity index (χ2v) is 8.18. The highest BCUT2D eigenvalue weighted by atomic mass is 32.1. The van der Waals surface area contributed by atoms with Gasteiger partial charge in [0.2, 0.25) is 5.91 Å². The molecule has 0 bridgehead atoms. The minimum absolute atomic E-state index is 0.296. The number of hydrogen-bond acceptors (Lipinski definition) is 4. The minimum Gasteiger partial charge on any atom is -0.354 e. The fraction of sp³-hybridized carbons (Fsp3) is 0.227. The molecular weight excluding hydrogens is 386 g/mol. The van der Waals surface area contributed by atoms with Crippen molar-refractivity contribution in [2.45, 2.75) is 18.9 Å². The quantitative estimate of drug-likeness (QED) is 0.617. The maximum Gasteiger partial charge on any atom is 0.325 e. The summed E-state index contributed by atoms with van der Waals surface area (Å²) in [6.07, 6.45) is 0.720. The number of benzene rings is 2. The number of nitrogens with zero attached hydrogens (tertiary/aromatic N) is 1. The number of rotatable bonds is 6. The van der Waals surface area contributed by atoms with Gasteiger partial charge in [0.1, 0.15) is 12.1 Å². The third-order valence-corrected chi connectivity index (χ3v) is 6.11. The summed E-state index contributed by atoms with van der Waals surface area (Å²) in [7, 11) is 0. The second-order valence-electron chi connectivity index (χ2n) is 7.15. The first-order valence-electron chi connectivity index (χ1n) is 9.40. The van der Waals surface area contributed by atoms with Gasteiger partial charge in [-0.15, -0.1) is 11.3 Å². The van der Waals surface area contributed by atoms with Gasteiger partial charge < -0.3 is 10.6 Å². The number of carbonyl (C=O) groups excluding carboxylic acids is 3. The predicted octanol–water partition coefficient (Wildman–Crippen LogP) is 3.03. The van der Waals surface area contributed by atoms with Crippen LogP contribution in [-0.2, 0) is 21.5 Å². The largest absolute Gasteiger partial charge is 0.354 e. The molecule has 1 aliphatic rings. The van der Waals surface area contributed by atoms with Crippen molar-refractivity contribution in [1.82, 2.24) is 15.5 Å². The van der Waals surface area contributed by atoms with E-state index in [1.54, 1.807) is 18.3 Å². The molecule has 0 aliphatic carbocycles. The molecule has 148 valence electrons. The standard InChI is InChI=1S/C22H21N3O3S/c1-22(18-10-4-7-15-6-2-3-9-17(15)18)20(27)25(21(28)24-22)14-19(26)23-12-11-16-8-5-13-29-16/h2-10,13H,11-12,14H2,1H3,(H,23,26)(H,24,28)/t22-/m1/s1. The summed E-state index contributed by atoms with van der Waals surface area (Å²) >= 11 is 1.63. The van der Waals surface area contributed by atoms with Gasteiger partial charge in [-0.3, -0.25) is 14.5 Å². The lowest BCUT2D eigenvalue weighted by Crippen LogP contribution is -2.43. The Labute approximate surface area is 172 Å². The van der Waals surface area contributed by atoms with Crippen molar-refractivity contribution >= 4 is 40.0 Å². The molecule has 2 heterocycles. The van der Waals surface area contributed by atoms with Crippen LogP contribution in [0.15, 0.2) is 60.0 Å². The van der Waals surface area contributed by atoms with Gasteiger partial charge in [-0.25, -0.2) is 4.79 Å². The molecule has 3 aromatic rings. The molecule has 1 atom stereocenters. The lowest BCUT2D eigenvalue weighted by molar-refractivity contribution is -0.134. The first kappa shape index (κ1) is 19.1. The highest BCUT2D eigenvalue weighted by molar-refractivity contribution is 7.09. The fourth-order valence-electron chi connectivity index (χ4n) is 3.66. The van der Waals surface area contributed by atoms with Crippen LogP contribution < -0.4 is 10.6 Å². The van der Waals surface area contributed by atoms with E-state index < -0.39 is 17.5 Å². The first-order valence-corrected chi connectivity index (χ1v) is 10.3. The normalized spacial score (nSPS) is 18.9. The Balaban J connectivity index is 1.48. The average molecular weight is 407 g/mol. The van der Waals surface area contributed by atoms with Crippen LogP contribution in [0.1, 0.15) is 17.4 Å². The summed E-state index contributed by atoms with van der Waals surface area (Å²) in [5.41, 5.74) is -0.496. The van der Waals surface area contributed by atoms with Gasteiger partial charge in [0.05, 0.1) is 0 Å². The molecule has 0 spiro atoms. The number of amides is 4. The van der Waals surface area contributed by atoms with Crippen LogP contribution in [0.5, 0.6) is 0 Å². The smallest absolute Gasteiger partial charge is 0.325 e. The zero-order valence-corrected chi connectivity index (χ0v) is 16.8. The van der Waals surface area contributed by atoms with E-state index in [4.69, 9.17) is 0 Å². The molecule has 2 aromatic carbocycles. The molecule has 1 fully saturated rings. The van der Waals surface area contributed by atoms with E-state index in [0.29, 0.717) is 6.54 Å². The molecule has 6 nitrogen and oxygen atoms in total. The van der Waals surface area contributed by atoms with Gasteiger partial charge in [0.25, 0.3) is 5.91 Å². The second kappa shape index (κ2) is 7.67. The molecule has 2 N–H and O–H groups in total. The minimum atomic E-state index is -1.21. The Morgan fingerprint density at radius 3 is 2.69 bits per heavy atom. The van der Waals surface area contributed by atoms with E-state index in [-0.39, 0.29) is 12.5 Å². The molecule has 29 heavy (non-hydrogen) atoms. The number of fused-ring (bicyclic) bond motifs is 1. The molecule has 1 aromatic heterocycles. The van der Waals surface area contributed by atoms with Crippen LogP contribution in [0, 0.1) is 0 Å². The molecular formula is C22H21N3O3S. The van der Waals surface area contributed by atoms with Crippen molar-refractivity contribution < 1.29 is 14.4 Å². The Morgan fingerprint density at radius 1 is 1.10 bits per heavy atom. The third-order valence-electron chi connectivity index (χ3n) is 5.18. The van der Waals surface area contributed by atoms with Crippen LogP contribution in [0.4, 0.5) is 4.79 Å². The number of imide groups is 1. The van der Waals surface area contributed by atoms with E-state index in [1.807, 2.05) is 60.0 Å². The first-order chi connectivity index (χ1) is 14.0. The number of carbonyl (C=O) groups is 3. The highest BCUT2D eigenvalue weighted by Crippen LogP contribution is 2.33. The SMILES string of the molecule is C[C@]1(c2cccc3ccccc23)NC(=O)N(CC(=O)NCCc2cccs2)C1=O. The van der Waals surface area contributed by atoms with Gasteiger partial charge in [-0.2, -0.15) is 0 Å². The summed E-state index contributed by atoms with van der Waals surface area (Å²) < 4.78 is 0. The van der Waals surface area contributed by atoms with Crippen molar-refractivity contribution in [3.63, 3.8) is 0 Å². The summed E-state index contributed by atoms with van der Waals surface area (Å²) in [5.74, 6) is -0.778. The number of thiophene rings is 1. The average Bonchev–Trinajstić information content (AvgIpc) is 3.31. The van der Waals surface area contributed by atoms with Crippen LogP contribution >= 0.6 is 11.3 Å². The van der Waals surface area contributed by atoms with Crippen LogP contribution in [0.2, 0.25) is 0 Å². The van der Waals surface area contributed by atoms with Crippen molar-refractivity contribution in [3.05, 3.63) is 70.4 Å². The Kier molecular flexibility index (Phi) is 5.07. The summed E-state index contributed by atoms with van der Waals surface area (Å²) in [6.45, 7) is 1.85. The fourth-order valence-corrected chi connectivity index (χ4v) is 4.37. The maximum absolute atomic E-state index is 13.1. The Morgan fingerprint density at radius 2 is 1.90 bits per heavy atom. The van der Waals surface area contributed by atoms with E-state index in [9.17, 15) is 14.4 Å². The molecule has 4 amide bonds. The molecule has 1 saturated heterocycles. The van der Waals surface area contributed by atoms with E-state index in [1.165, 1.54) is 4.88 Å². The summed E-state index contributed by atoms with van der Waals surface area (Å²) in [6, 6.07) is 16.8. The van der Waals surface area contributed by atoms with Gasteiger partial charge in [-0.05, 0) is 41.1 Å². The van der Waals surface area contributed by atoms with Crippen molar-refractivity contribution in [3.8, 4) is 0 Å². The zero-order chi connectivity index (χ0) is 20.4. The van der Waals surface area contributed by atoms with E-state index in [0.717, 1.165) is 27.7 Å². The van der Waals surface area contributed by atoms with Crippen LogP contribution in [-0.4, -0.2) is 35.8 Å². The Hall–Kier alpha value is -3.19. The van der Waals surface area contributed by atoms with E-state index in [2.05, 4.69) is 10.6 Å². The molecule has 1 aliphatic heterocycles. The van der Waals surface area contributed by atoms with Crippen LogP contribution in [0.25, 0.3) is 10.8 Å². The lowest BCUT2D eigenvalue weighted by Gasteiger charge is -2.24. The van der Waals surface area contributed by atoms with Crippen molar-refractivity contribution in [2.75, 3.05) is 13.1 Å². The maximum atomic E-state index is 13.1.